The molecule has 4 saturated heterocycles. The van der Waals surface area contributed by atoms with Gasteiger partial charge >= 0.3 is 6.03 Å². The molecule has 2 bridgehead atoms. The molecule has 0 aromatic heterocycles. The summed E-state index contributed by atoms with van der Waals surface area (Å²) in [6, 6.07) is 1.12. The molecule has 21 heavy (non-hydrogen) atoms. The number of sulfonamides is 1. The lowest BCUT2D eigenvalue weighted by atomic mass is 9.88. The van der Waals surface area contributed by atoms with E-state index in [9.17, 15) is 13.2 Å². The monoisotopic (exact) mass is 316 g/mol. The third kappa shape index (κ3) is 2.76. The lowest BCUT2D eigenvalue weighted by Gasteiger charge is -2.56. The summed E-state index contributed by atoms with van der Waals surface area (Å²) in [6.45, 7) is 6.67. The molecule has 0 radical (unpaired) electrons. The van der Waals surface area contributed by atoms with Gasteiger partial charge in [0.1, 0.15) is 0 Å². The molecule has 2 unspecified atom stereocenters. The van der Waals surface area contributed by atoms with Crippen molar-refractivity contribution in [3.63, 3.8) is 0 Å². The molecule has 0 aromatic carbocycles. The van der Waals surface area contributed by atoms with Crippen LogP contribution >= 0.6 is 0 Å². The van der Waals surface area contributed by atoms with E-state index in [1.807, 2.05) is 4.90 Å². The highest BCUT2D eigenvalue weighted by molar-refractivity contribution is 7.88. The first-order valence-corrected chi connectivity index (χ1v) is 9.49. The predicted octanol–water partition coefficient (Wildman–Crippen LogP) is -0.538. The van der Waals surface area contributed by atoms with Gasteiger partial charge in [-0.15, -0.1) is 0 Å². The molecule has 4 fully saturated rings. The lowest BCUT2D eigenvalue weighted by molar-refractivity contribution is -0.0552. The van der Waals surface area contributed by atoms with Crippen LogP contribution in [0.15, 0.2) is 0 Å². The van der Waals surface area contributed by atoms with E-state index >= 15 is 0 Å². The number of carbonyl (C=O) groups excluding carboxylic acids is 1. The van der Waals surface area contributed by atoms with E-state index in [0.29, 0.717) is 38.3 Å². The Balaban J connectivity index is 1.54. The highest BCUT2D eigenvalue weighted by atomic mass is 32.2. The molecular weight excluding hydrogens is 292 g/mol. The Morgan fingerprint density at radius 3 is 2.10 bits per heavy atom. The molecule has 4 aliphatic heterocycles. The summed E-state index contributed by atoms with van der Waals surface area (Å²) in [5.74, 6) is 0. The van der Waals surface area contributed by atoms with Gasteiger partial charge in [0.15, 0.2) is 0 Å². The van der Waals surface area contributed by atoms with Crippen molar-refractivity contribution in [2.45, 2.75) is 25.4 Å². The number of nitrogens with zero attached hydrogens (tertiary/aromatic N) is 4. The molecule has 7 nitrogen and oxygen atoms in total. The van der Waals surface area contributed by atoms with Crippen LogP contribution in [0.25, 0.3) is 0 Å². The SMILES string of the molecule is CCN1C2CC1CN(C(=O)N1CCN(S(C)(=O)=O)CC1)C2. The third-order valence-corrected chi connectivity index (χ3v) is 6.26. The molecule has 0 aromatic rings. The molecule has 2 amide bonds. The minimum atomic E-state index is -3.14. The Labute approximate surface area is 126 Å². The van der Waals surface area contributed by atoms with Gasteiger partial charge < -0.3 is 9.80 Å². The van der Waals surface area contributed by atoms with Gasteiger partial charge in [-0.1, -0.05) is 6.92 Å². The van der Waals surface area contributed by atoms with Crippen molar-refractivity contribution >= 4 is 16.1 Å². The van der Waals surface area contributed by atoms with Gasteiger partial charge in [-0.25, -0.2) is 13.2 Å². The number of piperazine rings is 2. The maximum atomic E-state index is 12.5. The summed E-state index contributed by atoms with van der Waals surface area (Å²) >= 11 is 0. The van der Waals surface area contributed by atoms with Crippen molar-refractivity contribution in [3.8, 4) is 0 Å². The minimum absolute atomic E-state index is 0.0774. The number of piperidine rings is 1. The van der Waals surface area contributed by atoms with E-state index in [2.05, 4.69) is 11.8 Å². The van der Waals surface area contributed by atoms with E-state index in [0.717, 1.165) is 19.6 Å². The van der Waals surface area contributed by atoms with E-state index in [-0.39, 0.29) is 6.03 Å². The standard InChI is InChI=1S/C13H24N4O3S/c1-3-17-11-8-12(17)10-15(9-11)13(18)14-4-6-16(7-5-14)21(2,19)20/h11-12H,3-10H2,1-2H3. The van der Waals surface area contributed by atoms with E-state index < -0.39 is 10.0 Å². The summed E-state index contributed by atoms with van der Waals surface area (Å²) in [7, 11) is -3.14. The van der Waals surface area contributed by atoms with Crippen LogP contribution < -0.4 is 0 Å². The number of carbonyl (C=O) groups is 1. The highest BCUT2D eigenvalue weighted by Crippen LogP contribution is 2.32. The number of hydrogen-bond donors (Lipinski definition) is 0. The van der Waals surface area contributed by atoms with Crippen LogP contribution in [0.2, 0.25) is 0 Å². The molecular formula is C13H24N4O3S. The molecule has 0 saturated carbocycles. The number of likely N-dealkylation sites (N-methyl/N-ethyl adjacent to an activating group) is 1. The van der Waals surface area contributed by atoms with Gasteiger partial charge in [0, 0.05) is 51.4 Å². The first-order chi connectivity index (χ1) is 9.90. The summed E-state index contributed by atoms with van der Waals surface area (Å²) < 4.78 is 24.4. The Morgan fingerprint density at radius 1 is 1.05 bits per heavy atom. The normalized spacial score (nSPS) is 31.1. The quantitative estimate of drug-likeness (QED) is 0.686. The first-order valence-electron chi connectivity index (χ1n) is 7.65. The van der Waals surface area contributed by atoms with Crippen molar-refractivity contribution in [3.05, 3.63) is 0 Å². The molecule has 0 aliphatic carbocycles. The molecule has 8 heteroatoms. The average Bonchev–Trinajstić information content (AvgIpc) is 2.46. The van der Waals surface area contributed by atoms with E-state index in [1.54, 1.807) is 4.90 Å². The van der Waals surface area contributed by atoms with Crippen molar-refractivity contribution in [1.82, 2.24) is 19.0 Å². The zero-order chi connectivity index (χ0) is 15.2. The molecule has 4 heterocycles. The molecule has 4 aliphatic rings. The average molecular weight is 316 g/mol. The van der Waals surface area contributed by atoms with Crippen LogP contribution in [-0.4, -0.2) is 97.6 Å². The second-order valence-corrected chi connectivity index (χ2v) is 8.19. The summed E-state index contributed by atoms with van der Waals surface area (Å²) in [5.41, 5.74) is 0. The molecule has 4 rings (SSSR count). The van der Waals surface area contributed by atoms with Gasteiger partial charge in [-0.2, -0.15) is 4.31 Å². The Bertz CT molecular complexity index is 504. The Morgan fingerprint density at radius 2 is 1.62 bits per heavy atom. The second-order valence-electron chi connectivity index (χ2n) is 6.21. The number of fused-ring (bicyclic) bond motifs is 2. The number of amides is 2. The fourth-order valence-electron chi connectivity index (χ4n) is 3.77. The summed E-state index contributed by atoms with van der Waals surface area (Å²) in [4.78, 5) is 18.7. The van der Waals surface area contributed by atoms with Crippen molar-refractivity contribution < 1.29 is 13.2 Å². The van der Waals surface area contributed by atoms with Crippen LogP contribution in [0.5, 0.6) is 0 Å². The van der Waals surface area contributed by atoms with Crippen LogP contribution in [0.4, 0.5) is 4.79 Å². The van der Waals surface area contributed by atoms with Gasteiger partial charge in [-0.3, -0.25) is 4.90 Å². The molecule has 2 atom stereocenters. The smallest absolute Gasteiger partial charge is 0.320 e. The second kappa shape index (κ2) is 5.40. The molecule has 120 valence electrons. The van der Waals surface area contributed by atoms with Gasteiger partial charge in [0.25, 0.3) is 0 Å². The van der Waals surface area contributed by atoms with Crippen molar-refractivity contribution in [2.24, 2.45) is 0 Å². The van der Waals surface area contributed by atoms with Crippen LogP contribution in [0, 0.1) is 0 Å². The minimum Gasteiger partial charge on any atom is -0.322 e. The van der Waals surface area contributed by atoms with Gasteiger partial charge in [0.05, 0.1) is 6.26 Å². The number of urea groups is 1. The van der Waals surface area contributed by atoms with Crippen molar-refractivity contribution in [1.29, 1.82) is 0 Å². The van der Waals surface area contributed by atoms with Crippen LogP contribution in [0.3, 0.4) is 0 Å². The predicted molar refractivity (Wildman–Crippen MR) is 79.5 cm³/mol. The maximum Gasteiger partial charge on any atom is 0.320 e. The lowest BCUT2D eigenvalue weighted by Crippen LogP contribution is -2.70. The molecule has 0 N–H and O–H groups in total. The highest BCUT2D eigenvalue weighted by Gasteiger charge is 2.45. The van der Waals surface area contributed by atoms with Gasteiger partial charge in [-0.05, 0) is 13.0 Å². The Kier molecular flexibility index (Phi) is 3.87. The largest absolute Gasteiger partial charge is 0.322 e. The number of hydrogen-bond acceptors (Lipinski definition) is 4. The summed E-state index contributed by atoms with van der Waals surface area (Å²) in [5, 5.41) is 0. The van der Waals surface area contributed by atoms with E-state index in [1.165, 1.54) is 17.0 Å². The number of rotatable bonds is 2. The van der Waals surface area contributed by atoms with E-state index in [4.69, 9.17) is 0 Å². The first kappa shape index (κ1) is 15.1. The van der Waals surface area contributed by atoms with Gasteiger partial charge in [0.2, 0.25) is 10.0 Å². The fourth-order valence-corrected chi connectivity index (χ4v) is 4.60. The zero-order valence-electron chi connectivity index (χ0n) is 12.7. The Hall–Kier alpha value is -0.860. The van der Waals surface area contributed by atoms with Crippen LogP contribution in [0.1, 0.15) is 13.3 Å². The van der Waals surface area contributed by atoms with Crippen LogP contribution in [-0.2, 0) is 10.0 Å². The topological polar surface area (TPSA) is 64.2 Å². The van der Waals surface area contributed by atoms with Crippen molar-refractivity contribution in [2.75, 3.05) is 52.1 Å². The summed E-state index contributed by atoms with van der Waals surface area (Å²) in [6.07, 6.45) is 2.43. The zero-order valence-corrected chi connectivity index (χ0v) is 13.5. The fraction of sp³-hybridized carbons (Fsp3) is 0.923. The molecule has 0 spiro atoms. The maximum absolute atomic E-state index is 12.5. The third-order valence-electron chi connectivity index (χ3n) is 4.96.